The summed E-state index contributed by atoms with van der Waals surface area (Å²) >= 11 is 0. The number of ketones is 1. The third kappa shape index (κ3) is 2.12. The fourth-order valence-electron chi connectivity index (χ4n) is 6.29. The monoisotopic (exact) mass is 306 g/mol. The molecule has 0 bridgehead atoms. The van der Waals surface area contributed by atoms with Gasteiger partial charge < -0.3 is 4.74 Å². The van der Waals surface area contributed by atoms with Crippen molar-refractivity contribution in [1.29, 1.82) is 0 Å². The highest BCUT2D eigenvalue weighted by molar-refractivity contribution is 5.86. The first-order valence-corrected chi connectivity index (χ1v) is 9.31. The molecule has 0 N–H and O–H groups in total. The maximum atomic E-state index is 13.0. The molecule has 0 amide bonds. The molecule has 2 saturated carbocycles. The maximum absolute atomic E-state index is 13.0. The average Bonchev–Trinajstić information content (AvgIpc) is 2.42. The zero-order valence-electron chi connectivity index (χ0n) is 15.4. The van der Waals surface area contributed by atoms with Crippen LogP contribution in [0.15, 0.2) is 0 Å². The summed E-state index contributed by atoms with van der Waals surface area (Å²) in [4.78, 5) is 13.0. The quantitative estimate of drug-likeness (QED) is 0.670. The van der Waals surface area contributed by atoms with E-state index < -0.39 is 0 Å². The Hall–Kier alpha value is -0.370. The molecule has 0 radical (unpaired) electrons. The van der Waals surface area contributed by atoms with Gasteiger partial charge in [-0.3, -0.25) is 4.79 Å². The Kier molecular flexibility index (Phi) is 3.61. The van der Waals surface area contributed by atoms with E-state index >= 15 is 0 Å². The molecule has 0 aromatic carbocycles. The second-order valence-electron chi connectivity index (χ2n) is 9.60. The normalized spacial score (nSPS) is 51.1. The van der Waals surface area contributed by atoms with Gasteiger partial charge in [0, 0.05) is 17.8 Å². The summed E-state index contributed by atoms with van der Waals surface area (Å²) in [5.41, 5.74) is -0.00165. The maximum Gasteiger partial charge on any atom is 0.139 e. The van der Waals surface area contributed by atoms with E-state index in [0.717, 1.165) is 44.9 Å². The van der Waals surface area contributed by atoms with Gasteiger partial charge in [-0.05, 0) is 63.7 Å². The minimum absolute atomic E-state index is 0.00167. The number of carbonyl (C=O) groups excluding carboxylic acids is 1. The van der Waals surface area contributed by atoms with Gasteiger partial charge in [0.05, 0.1) is 11.2 Å². The van der Waals surface area contributed by atoms with Crippen molar-refractivity contribution in [2.75, 3.05) is 0 Å². The van der Waals surface area contributed by atoms with Gasteiger partial charge >= 0.3 is 0 Å². The fourth-order valence-corrected chi connectivity index (χ4v) is 6.29. The van der Waals surface area contributed by atoms with Crippen LogP contribution in [0, 0.1) is 22.7 Å². The molecular weight excluding hydrogens is 272 g/mol. The predicted octanol–water partition coefficient (Wildman–Crippen LogP) is 5.15. The van der Waals surface area contributed by atoms with Crippen molar-refractivity contribution in [3.8, 4) is 0 Å². The van der Waals surface area contributed by atoms with Crippen LogP contribution in [0.4, 0.5) is 0 Å². The average molecular weight is 306 g/mol. The molecule has 3 fully saturated rings. The Morgan fingerprint density at radius 3 is 2.27 bits per heavy atom. The van der Waals surface area contributed by atoms with Gasteiger partial charge in [-0.1, -0.05) is 27.7 Å². The van der Waals surface area contributed by atoms with Crippen molar-refractivity contribution >= 4 is 5.78 Å². The topological polar surface area (TPSA) is 26.3 Å². The van der Waals surface area contributed by atoms with Crippen molar-refractivity contribution in [2.45, 2.75) is 97.7 Å². The lowest BCUT2D eigenvalue weighted by Gasteiger charge is -2.64. The number of hydrogen-bond donors (Lipinski definition) is 0. The molecule has 0 aromatic heterocycles. The summed E-state index contributed by atoms with van der Waals surface area (Å²) in [6, 6.07) is 0. The Morgan fingerprint density at radius 1 is 1.00 bits per heavy atom. The number of ether oxygens (including phenoxy) is 1. The van der Waals surface area contributed by atoms with E-state index in [9.17, 15) is 4.79 Å². The molecule has 1 aliphatic heterocycles. The van der Waals surface area contributed by atoms with Gasteiger partial charge in [0.25, 0.3) is 0 Å². The minimum atomic E-state index is -0.177. The van der Waals surface area contributed by atoms with E-state index in [4.69, 9.17) is 4.74 Å². The summed E-state index contributed by atoms with van der Waals surface area (Å²) in [5, 5.41) is 0. The van der Waals surface area contributed by atoms with Crippen LogP contribution in [0.1, 0.15) is 86.5 Å². The van der Waals surface area contributed by atoms with Crippen molar-refractivity contribution in [1.82, 2.24) is 0 Å². The summed E-state index contributed by atoms with van der Waals surface area (Å²) < 4.78 is 6.69. The molecular formula is C20H34O2. The van der Waals surface area contributed by atoms with Gasteiger partial charge in [0.15, 0.2) is 0 Å². The first kappa shape index (κ1) is 16.5. The van der Waals surface area contributed by atoms with Gasteiger partial charge in [-0.2, -0.15) is 0 Å². The SMILES string of the molecule is CCC1(C)CCC2C(C)(CCC3C(C)(C)CCC(=O)C32C)O1. The van der Waals surface area contributed by atoms with Crippen LogP contribution in [0.5, 0.6) is 0 Å². The molecule has 3 aliphatic rings. The Morgan fingerprint density at radius 2 is 1.64 bits per heavy atom. The number of fused-ring (bicyclic) bond motifs is 3. The zero-order valence-corrected chi connectivity index (χ0v) is 15.4. The van der Waals surface area contributed by atoms with Crippen LogP contribution < -0.4 is 0 Å². The highest BCUT2D eigenvalue weighted by Crippen LogP contribution is 2.64. The first-order valence-electron chi connectivity index (χ1n) is 9.31. The van der Waals surface area contributed by atoms with Crippen molar-refractivity contribution in [3.63, 3.8) is 0 Å². The summed E-state index contributed by atoms with van der Waals surface area (Å²) in [5.74, 6) is 1.43. The molecule has 2 nitrogen and oxygen atoms in total. The number of carbonyl (C=O) groups is 1. The molecule has 1 heterocycles. The van der Waals surface area contributed by atoms with E-state index in [0.29, 0.717) is 17.6 Å². The van der Waals surface area contributed by atoms with Crippen LogP contribution in [0.3, 0.4) is 0 Å². The molecule has 22 heavy (non-hydrogen) atoms. The summed E-state index contributed by atoms with van der Waals surface area (Å²) in [7, 11) is 0. The Balaban J connectivity index is 2.00. The minimum Gasteiger partial charge on any atom is -0.369 e. The van der Waals surface area contributed by atoms with Crippen LogP contribution >= 0.6 is 0 Å². The highest BCUT2D eigenvalue weighted by atomic mass is 16.5. The van der Waals surface area contributed by atoms with Crippen molar-refractivity contribution in [2.24, 2.45) is 22.7 Å². The van der Waals surface area contributed by atoms with Gasteiger partial charge in [-0.25, -0.2) is 0 Å². The van der Waals surface area contributed by atoms with Crippen LogP contribution in [-0.2, 0) is 9.53 Å². The molecule has 0 aromatic rings. The van der Waals surface area contributed by atoms with E-state index in [1.807, 2.05) is 0 Å². The van der Waals surface area contributed by atoms with Crippen molar-refractivity contribution < 1.29 is 9.53 Å². The van der Waals surface area contributed by atoms with E-state index in [-0.39, 0.29) is 22.0 Å². The van der Waals surface area contributed by atoms with E-state index in [1.54, 1.807) is 0 Å². The lowest BCUT2D eigenvalue weighted by atomic mass is 9.44. The van der Waals surface area contributed by atoms with Crippen molar-refractivity contribution in [3.05, 3.63) is 0 Å². The van der Waals surface area contributed by atoms with E-state index in [2.05, 4.69) is 41.5 Å². The van der Waals surface area contributed by atoms with Crippen LogP contribution in [0.2, 0.25) is 0 Å². The molecule has 3 rings (SSSR count). The predicted molar refractivity (Wildman–Crippen MR) is 89.8 cm³/mol. The molecule has 5 unspecified atom stereocenters. The fraction of sp³-hybridized carbons (Fsp3) is 0.950. The Labute approximate surface area is 136 Å². The lowest BCUT2D eigenvalue weighted by Crippen LogP contribution is -2.65. The third-order valence-corrected chi connectivity index (χ3v) is 7.84. The lowest BCUT2D eigenvalue weighted by molar-refractivity contribution is -0.259. The zero-order chi connectivity index (χ0) is 16.4. The van der Waals surface area contributed by atoms with Gasteiger partial charge in [0.1, 0.15) is 5.78 Å². The standard InChI is InChI=1S/C20H34O2/c1-7-18(4)12-8-15-19(5,22-18)13-9-14-17(2,3)11-10-16(21)20(14,15)6/h14-15H,7-13H2,1-6H3. The van der Waals surface area contributed by atoms with E-state index in [1.165, 1.54) is 0 Å². The largest absolute Gasteiger partial charge is 0.369 e. The molecule has 2 heteroatoms. The number of Topliss-reactive ketones (excluding diaryl/α,β-unsaturated/α-hetero) is 1. The molecule has 0 spiro atoms. The smallest absolute Gasteiger partial charge is 0.139 e. The second-order valence-corrected chi connectivity index (χ2v) is 9.60. The molecule has 126 valence electrons. The number of rotatable bonds is 1. The third-order valence-electron chi connectivity index (χ3n) is 7.84. The second kappa shape index (κ2) is 4.82. The summed E-state index contributed by atoms with van der Waals surface area (Å²) in [6.45, 7) is 13.8. The molecule has 2 aliphatic carbocycles. The van der Waals surface area contributed by atoms with Gasteiger partial charge in [0.2, 0.25) is 0 Å². The number of hydrogen-bond acceptors (Lipinski definition) is 2. The molecule has 1 saturated heterocycles. The highest BCUT2D eigenvalue weighted by Gasteiger charge is 2.64. The first-order chi connectivity index (χ1) is 10.1. The molecule has 5 atom stereocenters. The van der Waals surface area contributed by atoms with Crippen LogP contribution in [0.25, 0.3) is 0 Å². The van der Waals surface area contributed by atoms with Gasteiger partial charge in [-0.15, -0.1) is 0 Å². The van der Waals surface area contributed by atoms with Crippen LogP contribution in [-0.4, -0.2) is 17.0 Å². The Bertz CT molecular complexity index is 482. The summed E-state index contributed by atoms with van der Waals surface area (Å²) in [6.07, 6.45) is 7.39.